The Hall–Kier alpha value is -1.59. The molecular formula is C29H41N5S5. The van der Waals surface area contributed by atoms with Crippen molar-refractivity contribution in [3.63, 3.8) is 0 Å². The summed E-state index contributed by atoms with van der Waals surface area (Å²) >= 11 is 8.84. The van der Waals surface area contributed by atoms with Crippen molar-refractivity contribution >= 4 is 58.4 Å². The highest BCUT2D eigenvalue weighted by Crippen LogP contribution is 2.24. The van der Waals surface area contributed by atoms with Crippen LogP contribution in [0.5, 0.6) is 0 Å². The van der Waals surface area contributed by atoms with Gasteiger partial charge in [-0.25, -0.2) is 19.9 Å². The molecule has 212 valence electrons. The van der Waals surface area contributed by atoms with Crippen LogP contribution in [0.1, 0.15) is 55.4 Å². The number of aromatic nitrogens is 5. The summed E-state index contributed by atoms with van der Waals surface area (Å²) in [4.78, 5) is 21.7. The summed E-state index contributed by atoms with van der Waals surface area (Å²) in [5, 5.41) is 6.45. The third-order valence-electron chi connectivity index (χ3n) is 3.65. The largest absolute Gasteiger partial charge is 0.265 e. The van der Waals surface area contributed by atoms with E-state index in [-0.39, 0.29) is 0 Å². The first kappa shape index (κ1) is 35.4. The number of rotatable bonds is 8. The van der Waals surface area contributed by atoms with Gasteiger partial charge in [-0.1, -0.05) is 85.0 Å². The van der Waals surface area contributed by atoms with E-state index >= 15 is 0 Å². The van der Waals surface area contributed by atoms with Gasteiger partial charge in [0.1, 0.15) is 4.34 Å². The van der Waals surface area contributed by atoms with E-state index < -0.39 is 0 Å². The standard InChI is InChI=1S/2C8H11NS.C7H10N2S.C6H9NS2/c1-7(2)10-8-3-5-9-6-4-8;1-7(2)10-8-5-3-4-6-9-8;1-6(2)10-7-8-4-3-5-9-7;1-5(2)9-6-7-3-4-8-6/h2*3-7H,1-2H3;3-6H,1-2H3;3-5H,1-2H3. The van der Waals surface area contributed by atoms with E-state index in [2.05, 4.69) is 80.3 Å². The maximum Gasteiger partial charge on any atom is 0.187 e. The van der Waals surface area contributed by atoms with E-state index in [1.807, 2.05) is 90.1 Å². The molecule has 0 saturated heterocycles. The topological polar surface area (TPSA) is 64.5 Å². The zero-order chi connectivity index (χ0) is 28.9. The Bertz CT molecular complexity index is 957. The second-order valence-corrected chi connectivity index (χ2v) is 16.4. The third-order valence-corrected chi connectivity index (χ3v) is 8.43. The molecule has 0 aliphatic carbocycles. The summed E-state index contributed by atoms with van der Waals surface area (Å²) in [5.41, 5.74) is 0. The molecule has 0 amide bonds. The lowest BCUT2D eigenvalue weighted by atomic mass is 10.5. The summed E-state index contributed by atoms with van der Waals surface area (Å²) in [6, 6.07) is 11.9. The average Bonchev–Trinajstić information content (AvgIpc) is 3.38. The molecular weight excluding hydrogens is 579 g/mol. The van der Waals surface area contributed by atoms with Crippen molar-refractivity contribution in [3.8, 4) is 0 Å². The van der Waals surface area contributed by atoms with Crippen molar-refractivity contribution in [2.75, 3.05) is 0 Å². The number of hydrogen-bond acceptors (Lipinski definition) is 10. The summed E-state index contributed by atoms with van der Waals surface area (Å²) in [6.45, 7) is 17.3. The van der Waals surface area contributed by atoms with Crippen LogP contribution in [0.4, 0.5) is 0 Å². The van der Waals surface area contributed by atoms with Gasteiger partial charge >= 0.3 is 0 Å². The molecule has 0 fully saturated rings. The van der Waals surface area contributed by atoms with Crippen LogP contribution in [0.15, 0.2) is 98.4 Å². The van der Waals surface area contributed by atoms with Gasteiger partial charge in [0.2, 0.25) is 0 Å². The lowest BCUT2D eigenvalue weighted by molar-refractivity contribution is 0.954. The number of thioether (sulfide) groups is 4. The molecule has 39 heavy (non-hydrogen) atoms. The lowest BCUT2D eigenvalue weighted by Crippen LogP contribution is -1.90. The maximum atomic E-state index is 4.18. The van der Waals surface area contributed by atoms with E-state index in [4.69, 9.17) is 0 Å². The average molecular weight is 620 g/mol. The molecule has 5 nitrogen and oxygen atoms in total. The second-order valence-electron chi connectivity index (χ2n) is 8.85. The van der Waals surface area contributed by atoms with Crippen LogP contribution in [0.3, 0.4) is 0 Å². The van der Waals surface area contributed by atoms with Crippen LogP contribution in [-0.2, 0) is 0 Å². The fourth-order valence-corrected chi connectivity index (χ4v) is 6.48. The highest BCUT2D eigenvalue weighted by molar-refractivity contribution is 8.01. The van der Waals surface area contributed by atoms with Crippen LogP contribution in [-0.4, -0.2) is 45.9 Å². The Morgan fingerprint density at radius 2 is 1.13 bits per heavy atom. The fraction of sp³-hybridized carbons (Fsp3) is 0.414. The number of hydrogen-bond donors (Lipinski definition) is 0. The first-order valence-electron chi connectivity index (χ1n) is 12.8. The first-order chi connectivity index (χ1) is 18.7. The molecule has 0 spiro atoms. The maximum absolute atomic E-state index is 4.18. The monoisotopic (exact) mass is 619 g/mol. The normalized spacial score (nSPS) is 10.4. The van der Waals surface area contributed by atoms with E-state index in [0.717, 1.165) is 10.2 Å². The third kappa shape index (κ3) is 20.9. The van der Waals surface area contributed by atoms with Crippen molar-refractivity contribution in [2.24, 2.45) is 0 Å². The van der Waals surface area contributed by atoms with Gasteiger partial charge < -0.3 is 0 Å². The molecule has 0 atom stereocenters. The highest BCUT2D eigenvalue weighted by Gasteiger charge is 1.99. The van der Waals surface area contributed by atoms with Gasteiger partial charge in [0, 0.05) is 68.5 Å². The zero-order valence-electron chi connectivity index (χ0n) is 24.1. The lowest BCUT2D eigenvalue weighted by Gasteiger charge is -2.02. The molecule has 0 bridgehead atoms. The molecule has 4 heterocycles. The number of thiazole rings is 1. The molecule has 0 aromatic carbocycles. The Labute approximate surface area is 256 Å². The molecule has 0 aliphatic rings. The first-order valence-corrected chi connectivity index (χ1v) is 17.2. The predicted octanol–water partition coefficient (Wildman–Crippen LogP) is 9.78. The van der Waals surface area contributed by atoms with Gasteiger partial charge in [0.25, 0.3) is 0 Å². The van der Waals surface area contributed by atoms with E-state index in [1.54, 1.807) is 47.3 Å². The van der Waals surface area contributed by atoms with Gasteiger partial charge in [-0.15, -0.1) is 34.9 Å². The predicted molar refractivity (Wildman–Crippen MR) is 177 cm³/mol. The molecule has 0 unspecified atom stereocenters. The van der Waals surface area contributed by atoms with Crippen LogP contribution in [0, 0.1) is 0 Å². The Morgan fingerprint density at radius 3 is 1.62 bits per heavy atom. The van der Waals surface area contributed by atoms with Crippen LogP contribution >= 0.6 is 58.4 Å². The molecule has 0 radical (unpaired) electrons. The van der Waals surface area contributed by atoms with Crippen molar-refractivity contribution in [3.05, 3.63) is 79.0 Å². The Morgan fingerprint density at radius 1 is 0.538 bits per heavy atom. The summed E-state index contributed by atoms with van der Waals surface area (Å²) < 4.78 is 1.17. The van der Waals surface area contributed by atoms with Gasteiger partial charge in [0.15, 0.2) is 5.16 Å². The number of nitrogens with zero attached hydrogens (tertiary/aromatic N) is 5. The Balaban J connectivity index is 0.000000260. The minimum atomic E-state index is 0.558. The molecule has 10 heteroatoms. The smallest absolute Gasteiger partial charge is 0.187 e. The van der Waals surface area contributed by atoms with E-state index in [1.165, 1.54) is 9.24 Å². The highest BCUT2D eigenvalue weighted by atomic mass is 32.2. The molecule has 0 saturated carbocycles. The summed E-state index contributed by atoms with van der Waals surface area (Å²) in [7, 11) is 0. The van der Waals surface area contributed by atoms with Gasteiger partial charge in [0.05, 0.1) is 5.03 Å². The minimum Gasteiger partial charge on any atom is -0.265 e. The van der Waals surface area contributed by atoms with Crippen molar-refractivity contribution < 1.29 is 0 Å². The van der Waals surface area contributed by atoms with Gasteiger partial charge in [-0.3, -0.25) is 4.98 Å². The van der Waals surface area contributed by atoms with Crippen LogP contribution < -0.4 is 0 Å². The minimum absolute atomic E-state index is 0.558. The fourth-order valence-electron chi connectivity index (χ4n) is 2.37. The second kappa shape index (κ2) is 22.1. The summed E-state index contributed by atoms with van der Waals surface area (Å²) in [6.07, 6.45) is 10.8. The SMILES string of the molecule is CC(C)Sc1ccccn1.CC(C)Sc1ccncc1.CC(C)Sc1ncccn1.CC(C)Sc1nccs1. The molecule has 0 aliphatic heterocycles. The quantitative estimate of drug-likeness (QED) is 0.142. The van der Waals surface area contributed by atoms with Gasteiger partial charge in [-0.2, -0.15) is 0 Å². The Kier molecular flexibility index (Phi) is 20.1. The zero-order valence-corrected chi connectivity index (χ0v) is 28.2. The molecule has 0 N–H and O–H groups in total. The van der Waals surface area contributed by atoms with Crippen molar-refractivity contribution in [1.29, 1.82) is 0 Å². The molecule has 4 rings (SSSR count). The van der Waals surface area contributed by atoms with E-state index in [9.17, 15) is 0 Å². The summed E-state index contributed by atoms with van der Waals surface area (Å²) in [5.74, 6) is 0. The number of pyridine rings is 2. The van der Waals surface area contributed by atoms with Crippen molar-refractivity contribution in [2.45, 2.75) is 95.8 Å². The van der Waals surface area contributed by atoms with Crippen molar-refractivity contribution in [1.82, 2.24) is 24.9 Å². The van der Waals surface area contributed by atoms with E-state index in [0.29, 0.717) is 21.0 Å². The molecule has 4 aromatic rings. The molecule has 4 aromatic heterocycles. The van der Waals surface area contributed by atoms with Gasteiger partial charge in [-0.05, 0) is 30.3 Å². The van der Waals surface area contributed by atoms with Crippen LogP contribution in [0.25, 0.3) is 0 Å². The van der Waals surface area contributed by atoms with Crippen LogP contribution in [0.2, 0.25) is 0 Å².